The predicted octanol–water partition coefficient (Wildman–Crippen LogP) is 0.595. The van der Waals surface area contributed by atoms with Gasteiger partial charge in [-0.1, -0.05) is 0 Å². The second-order valence-electron chi connectivity index (χ2n) is 1.97. The van der Waals surface area contributed by atoms with Crippen molar-refractivity contribution in [2.45, 2.75) is 12.8 Å². The van der Waals surface area contributed by atoms with Gasteiger partial charge in [0.1, 0.15) is 5.92 Å². The van der Waals surface area contributed by atoms with Crippen molar-refractivity contribution in [2.24, 2.45) is 0 Å². The highest BCUT2D eigenvalue weighted by Crippen LogP contribution is 2.09. The smallest absolute Gasteiger partial charge is 0.280 e. The first-order valence-electron chi connectivity index (χ1n) is 2.82. The van der Waals surface area contributed by atoms with E-state index in [-0.39, 0.29) is 11.5 Å². The van der Waals surface area contributed by atoms with E-state index in [1.165, 1.54) is 6.07 Å². The van der Waals surface area contributed by atoms with E-state index in [1.54, 1.807) is 6.92 Å². The maximum atomic E-state index is 10.5. The summed E-state index contributed by atoms with van der Waals surface area (Å²) in [6.07, 6.45) is 0. The van der Waals surface area contributed by atoms with Crippen LogP contribution in [0.4, 0.5) is 0 Å². The first kappa shape index (κ1) is 6.62. The van der Waals surface area contributed by atoms with Crippen molar-refractivity contribution in [3.8, 4) is 6.07 Å². The van der Waals surface area contributed by atoms with E-state index in [0.29, 0.717) is 5.76 Å². The third kappa shape index (κ3) is 1.08. The molecule has 1 unspecified atom stereocenters. The van der Waals surface area contributed by atoms with Crippen LogP contribution in [0.25, 0.3) is 0 Å². The number of aromatic nitrogens is 1. The Bertz CT molecular complexity index is 304. The normalized spacial score (nSPS) is 12.4. The summed E-state index contributed by atoms with van der Waals surface area (Å²) in [7, 11) is 0. The third-order valence-corrected chi connectivity index (χ3v) is 1.16. The van der Waals surface area contributed by atoms with Gasteiger partial charge in [0, 0.05) is 6.07 Å². The molecule has 1 N–H and O–H groups in total. The van der Waals surface area contributed by atoms with Crippen LogP contribution in [0.2, 0.25) is 0 Å². The predicted molar refractivity (Wildman–Crippen MR) is 33.4 cm³/mol. The molecule has 10 heavy (non-hydrogen) atoms. The fraction of sp³-hybridized carbons (Fsp3) is 0.333. The maximum Gasteiger partial charge on any atom is 0.280 e. The number of H-pyrrole nitrogens is 1. The lowest BCUT2D eigenvalue weighted by Crippen LogP contribution is -1.93. The van der Waals surface area contributed by atoms with Crippen molar-refractivity contribution in [1.29, 1.82) is 5.26 Å². The van der Waals surface area contributed by atoms with E-state index in [4.69, 9.17) is 5.26 Å². The summed E-state index contributed by atoms with van der Waals surface area (Å²) in [5, 5.41) is 10.5. The average molecular weight is 138 g/mol. The van der Waals surface area contributed by atoms with E-state index in [0.717, 1.165) is 0 Å². The Kier molecular flexibility index (Phi) is 1.59. The van der Waals surface area contributed by atoms with Gasteiger partial charge in [-0.3, -0.25) is 4.79 Å². The Hall–Kier alpha value is -1.50. The van der Waals surface area contributed by atoms with Crippen molar-refractivity contribution in [2.75, 3.05) is 0 Å². The molecule has 1 atom stereocenters. The molecule has 0 fully saturated rings. The molecule has 52 valence electrons. The van der Waals surface area contributed by atoms with Crippen LogP contribution in [0.3, 0.4) is 0 Å². The monoisotopic (exact) mass is 138 g/mol. The lowest BCUT2D eigenvalue weighted by Gasteiger charge is -1.90. The largest absolute Gasteiger partial charge is 0.382 e. The second-order valence-corrected chi connectivity index (χ2v) is 1.97. The highest BCUT2D eigenvalue weighted by atomic mass is 16.5. The zero-order chi connectivity index (χ0) is 7.56. The summed E-state index contributed by atoms with van der Waals surface area (Å²) in [5.41, 5.74) is -0.308. The van der Waals surface area contributed by atoms with Gasteiger partial charge in [0.15, 0.2) is 5.76 Å². The molecule has 0 radical (unpaired) electrons. The zero-order valence-corrected chi connectivity index (χ0v) is 5.42. The molecule has 1 aromatic heterocycles. The van der Waals surface area contributed by atoms with E-state index in [9.17, 15) is 4.79 Å². The van der Waals surface area contributed by atoms with E-state index >= 15 is 0 Å². The van der Waals surface area contributed by atoms with Gasteiger partial charge in [0.25, 0.3) is 5.56 Å². The number of nitrogens with zero attached hydrogens (tertiary/aromatic N) is 1. The number of rotatable bonds is 1. The van der Waals surface area contributed by atoms with Crippen molar-refractivity contribution >= 4 is 0 Å². The molecular weight excluding hydrogens is 132 g/mol. The summed E-state index contributed by atoms with van der Waals surface area (Å²) in [6.45, 7) is 1.66. The summed E-state index contributed by atoms with van der Waals surface area (Å²) < 4.78 is 4.66. The lowest BCUT2D eigenvalue weighted by atomic mass is 10.1. The minimum absolute atomic E-state index is 0.308. The third-order valence-electron chi connectivity index (χ3n) is 1.16. The quantitative estimate of drug-likeness (QED) is 0.617. The molecule has 1 heterocycles. The Labute approximate surface area is 57.0 Å². The standard InChI is InChI=1S/C6H6N2O2/c1-4(3-7)5-2-6(9)8-10-5/h2,4H,1H3,(H,8,9). The fourth-order valence-electron chi connectivity index (χ4n) is 0.574. The SMILES string of the molecule is CC(C#N)c1cc(=O)[nH]o1. The molecule has 0 aliphatic carbocycles. The molecule has 1 aromatic rings. The second kappa shape index (κ2) is 2.40. The van der Waals surface area contributed by atoms with Gasteiger partial charge in [-0.15, -0.1) is 0 Å². The zero-order valence-electron chi connectivity index (χ0n) is 5.42. The molecule has 0 aliphatic heterocycles. The van der Waals surface area contributed by atoms with Crippen molar-refractivity contribution in [3.63, 3.8) is 0 Å². The Balaban J connectivity index is 2.98. The molecule has 4 heteroatoms. The van der Waals surface area contributed by atoms with Gasteiger partial charge in [-0.2, -0.15) is 10.4 Å². The van der Waals surface area contributed by atoms with E-state index < -0.39 is 0 Å². The Morgan fingerprint density at radius 2 is 2.60 bits per heavy atom. The van der Waals surface area contributed by atoms with Crippen LogP contribution in [-0.2, 0) is 0 Å². The van der Waals surface area contributed by atoms with Gasteiger partial charge in [-0.05, 0) is 6.92 Å². The molecule has 1 rings (SSSR count). The van der Waals surface area contributed by atoms with E-state index in [1.807, 2.05) is 6.07 Å². The summed E-state index contributed by atoms with van der Waals surface area (Å²) in [5.74, 6) is 0.0199. The van der Waals surface area contributed by atoms with Gasteiger partial charge in [0.2, 0.25) is 0 Å². The van der Waals surface area contributed by atoms with Crippen molar-refractivity contribution in [3.05, 3.63) is 22.2 Å². The maximum absolute atomic E-state index is 10.5. The van der Waals surface area contributed by atoms with Crippen LogP contribution in [0.15, 0.2) is 15.4 Å². The topological polar surface area (TPSA) is 69.8 Å². The number of aromatic amines is 1. The van der Waals surface area contributed by atoms with Gasteiger partial charge >= 0.3 is 0 Å². The molecule has 0 amide bonds. The summed E-state index contributed by atoms with van der Waals surface area (Å²) in [6, 6.07) is 3.21. The average Bonchev–Trinajstić information content (AvgIpc) is 2.34. The summed E-state index contributed by atoms with van der Waals surface area (Å²) >= 11 is 0. The van der Waals surface area contributed by atoms with Crippen LogP contribution in [0.5, 0.6) is 0 Å². The first-order valence-corrected chi connectivity index (χ1v) is 2.82. The summed E-state index contributed by atoms with van der Waals surface area (Å²) in [4.78, 5) is 10.5. The minimum atomic E-state index is -0.362. The highest BCUT2D eigenvalue weighted by molar-refractivity contribution is 5.09. The van der Waals surface area contributed by atoms with Crippen LogP contribution in [-0.4, -0.2) is 5.16 Å². The number of nitriles is 1. The lowest BCUT2D eigenvalue weighted by molar-refractivity contribution is 0.374. The Morgan fingerprint density at radius 1 is 1.90 bits per heavy atom. The van der Waals surface area contributed by atoms with Crippen molar-refractivity contribution in [1.82, 2.24) is 5.16 Å². The fourth-order valence-corrected chi connectivity index (χ4v) is 0.574. The molecule has 0 saturated carbocycles. The molecule has 0 aromatic carbocycles. The minimum Gasteiger partial charge on any atom is -0.382 e. The Morgan fingerprint density at radius 3 is 3.00 bits per heavy atom. The van der Waals surface area contributed by atoms with Crippen LogP contribution in [0, 0.1) is 11.3 Å². The first-order chi connectivity index (χ1) is 4.74. The van der Waals surface area contributed by atoms with Gasteiger partial charge in [0.05, 0.1) is 6.07 Å². The number of nitrogens with one attached hydrogen (secondary N) is 1. The van der Waals surface area contributed by atoms with Crippen LogP contribution in [0.1, 0.15) is 18.6 Å². The van der Waals surface area contributed by atoms with Crippen molar-refractivity contribution < 1.29 is 4.52 Å². The molecule has 4 nitrogen and oxygen atoms in total. The molecular formula is C6H6N2O2. The van der Waals surface area contributed by atoms with Gasteiger partial charge < -0.3 is 4.52 Å². The van der Waals surface area contributed by atoms with E-state index in [2.05, 4.69) is 9.68 Å². The van der Waals surface area contributed by atoms with Gasteiger partial charge in [-0.25, -0.2) is 0 Å². The molecule has 0 aliphatic rings. The molecule has 0 saturated heterocycles. The van der Waals surface area contributed by atoms with Crippen LogP contribution < -0.4 is 5.56 Å². The van der Waals surface area contributed by atoms with Crippen LogP contribution >= 0.6 is 0 Å². The number of hydrogen-bond donors (Lipinski definition) is 1. The molecule has 0 bridgehead atoms. The number of hydrogen-bond acceptors (Lipinski definition) is 3. The highest BCUT2D eigenvalue weighted by Gasteiger charge is 2.07. The molecule has 0 spiro atoms.